The molecule has 1 unspecified atom stereocenters. The number of hydrogen-bond acceptors (Lipinski definition) is 4. The molecule has 184 valence electrons. The maximum absolute atomic E-state index is 13.6. The van der Waals surface area contributed by atoms with Crippen molar-refractivity contribution in [3.8, 4) is 11.5 Å². The van der Waals surface area contributed by atoms with Crippen molar-refractivity contribution in [2.45, 2.75) is 39.4 Å². The molecular weight excluding hydrogens is 440 g/mol. The fourth-order valence-electron chi connectivity index (χ4n) is 3.93. The van der Waals surface area contributed by atoms with Crippen molar-refractivity contribution in [1.29, 1.82) is 0 Å². The number of nitrogens with zero attached hydrogens (tertiary/aromatic N) is 1. The highest BCUT2D eigenvalue weighted by Gasteiger charge is 2.31. The van der Waals surface area contributed by atoms with Gasteiger partial charge in [0, 0.05) is 31.0 Å². The van der Waals surface area contributed by atoms with Gasteiger partial charge in [0.1, 0.15) is 17.5 Å². The van der Waals surface area contributed by atoms with Crippen LogP contribution in [0.5, 0.6) is 11.5 Å². The number of methoxy groups -OCH3 is 2. The normalized spacial score (nSPS) is 11.6. The zero-order valence-electron chi connectivity index (χ0n) is 20.9. The Balaban J connectivity index is 1.90. The van der Waals surface area contributed by atoms with Crippen LogP contribution in [-0.4, -0.2) is 37.0 Å². The third-order valence-corrected chi connectivity index (χ3v) is 5.89. The van der Waals surface area contributed by atoms with E-state index in [-0.39, 0.29) is 17.7 Å². The summed E-state index contributed by atoms with van der Waals surface area (Å²) in [6.45, 7) is 4.34. The second kappa shape index (κ2) is 12.6. The monoisotopic (exact) mass is 474 g/mol. The number of hydrogen-bond donors (Lipinski definition) is 1. The molecule has 0 radical (unpaired) electrons. The molecule has 3 aromatic carbocycles. The number of carbonyl (C=O) groups is 2. The molecule has 0 spiro atoms. The SMILES string of the molecule is COc1ccc(CN(C(=O)C(C)C)C(Cc2ccccc2)C(=O)NCc2ccccc2OC)cc1. The molecule has 0 aliphatic rings. The van der Waals surface area contributed by atoms with Crippen molar-refractivity contribution in [3.05, 3.63) is 95.6 Å². The molecule has 0 saturated heterocycles. The van der Waals surface area contributed by atoms with Crippen molar-refractivity contribution in [2.24, 2.45) is 5.92 Å². The predicted octanol–water partition coefficient (Wildman–Crippen LogP) is 4.62. The van der Waals surface area contributed by atoms with E-state index in [1.807, 2.05) is 92.7 Å². The van der Waals surface area contributed by atoms with Crippen LogP contribution in [0, 0.1) is 5.92 Å². The predicted molar refractivity (Wildman–Crippen MR) is 137 cm³/mol. The summed E-state index contributed by atoms with van der Waals surface area (Å²) in [6, 6.07) is 24.2. The third kappa shape index (κ3) is 7.09. The molecule has 3 rings (SSSR count). The van der Waals surface area contributed by atoms with Gasteiger partial charge in [-0.15, -0.1) is 0 Å². The van der Waals surface area contributed by atoms with Crippen LogP contribution >= 0.6 is 0 Å². The molecule has 1 N–H and O–H groups in total. The number of para-hydroxylation sites is 1. The highest BCUT2D eigenvalue weighted by Crippen LogP contribution is 2.20. The van der Waals surface area contributed by atoms with Crippen LogP contribution in [0.1, 0.15) is 30.5 Å². The Bertz CT molecular complexity index is 1100. The summed E-state index contributed by atoms with van der Waals surface area (Å²) >= 11 is 0. The van der Waals surface area contributed by atoms with Crippen molar-refractivity contribution in [2.75, 3.05) is 14.2 Å². The lowest BCUT2D eigenvalue weighted by Gasteiger charge is -2.33. The summed E-state index contributed by atoms with van der Waals surface area (Å²) in [5, 5.41) is 3.04. The van der Waals surface area contributed by atoms with Gasteiger partial charge >= 0.3 is 0 Å². The van der Waals surface area contributed by atoms with Crippen LogP contribution in [0.25, 0.3) is 0 Å². The van der Waals surface area contributed by atoms with Crippen molar-refractivity contribution in [1.82, 2.24) is 10.2 Å². The Hall–Kier alpha value is -3.80. The molecular formula is C29H34N2O4. The smallest absolute Gasteiger partial charge is 0.243 e. The quantitative estimate of drug-likeness (QED) is 0.441. The lowest BCUT2D eigenvalue weighted by atomic mass is 10.0. The van der Waals surface area contributed by atoms with Gasteiger partial charge in [0.05, 0.1) is 14.2 Å². The van der Waals surface area contributed by atoms with Crippen molar-refractivity contribution in [3.63, 3.8) is 0 Å². The summed E-state index contributed by atoms with van der Waals surface area (Å²) in [6.07, 6.45) is 0.410. The van der Waals surface area contributed by atoms with E-state index in [1.165, 1.54) is 0 Å². The van der Waals surface area contributed by atoms with E-state index in [0.29, 0.717) is 25.3 Å². The van der Waals surface area contributed by atoms with E-state index in [2.05, 4.69) is 5.32 Å². The fourth-order valence-corrected chi connectivity index (χ4v) is 3.93. The van der Waals surface area contributed by atoms with E-state index in [1.54, 1.807) is 19.1 Å². The topological polar surface area (TPSA) is 67.9 Å². The number of nitrogens with one attached hydrogen (secondary N) is 1. The van der Waals surface area contributed by atoms with E-state index < -0.39 is 6.04 Å². The molecule has 0 bridgehead atoms. The minimum absolute atomic E-state index is 0.0748. The van der Waals surface area contributed by atoms with E-state index in [9.17, 15) is 9.59 Å². The Kier molecular flexibility index (Phi) is 9.30. The number of rotatable bonds is 11. The molecule has 0 aromatic heterocycles. The summed E-state index contributed by atoms with van der Waals surface area (Å²) in [4.78, 5) is 28.7. The Morgan fingerprint density at radius 3 is 2.11 bits per heavy atom. The lowest BCUT2D eigenvalue weighted by Crippen LogP contribution is -2.51. The van der Waals surface area contributed by atoms with Crippen molar-refractivity contribution < 1.29 is 19.1 Å². The Labute approximate surface area is 207 Å². The van der Waals surface area contributed by atoms with Crippen LogP contribution < -0.4 is 14.8 Å². The number of benzene rings is 3. The van der Waals surface area contributed by atoms with Gasteiger partial charge in [0.15, 0.2) is 0 Å². The maximum Gasteiger partial charge on any atom is 0.243 e. The summed E-state index contributed by atoms with van der Waals surface area (Å²) in [7, 11) is 3.22. The molecule has 2 amide bonds. The van der Waals surface area contributed by atoms with E-state index in [0.717, 1.165) is 22.4 Å². The molecule has 0 aliphatic heterocycles. The van der Waals surface area contributed by atoms with Crippen LogP contribution in [0.2, 0.25) is 0 Å². The lowest BCUT2D eigenvalue weighted by molar-refractivity contribution is -0.143. The maximum atomic E-state index is 13.6. The summed E-state index contributed by atoms with van der Waals surface area (Å²) in [5.41, 5.74) is 2.79. The third-order valence-electron chi connectivity index (χ3n) is 5.89. The van der Waals surface area contributed by atoms with Gasteiger partial charge in [-0.2, -0.15) is 0 Å². The standard InChI is InChI=1S/C29H34N2O4/c1-21(2)29(33)31(20-23-14-16-25(34-3)17-15-23)26(18-22-10-6-5-7-11-22)28(32)30-19-24-12-8-9-13-27(24)35-4/h5-17,21,26H,18-20H2,1-4H3,(H,30,32). The molecule has 0 fully saturated rings. The highest BCUT2D eigenvalue weighted by atomic mass is 16.5. The molecule has 0 saturated carbocycles. The van der Waals surface area contributed by atoms with Gasteiger partial charge in [-0.3, -0.25) is 9.59 Å². The average Bonchev–Trinajstić information content (AvgIpc) is 2.89. The molecule has 35 heavy (non-hydrogen) atoms. The zero-order chi connectivity index (χ0) is 25.2. The minimum Gasteiger partial charge on any atom is -0.497 e. The number of amides is 2. The van der Waals surface area contributed by atoms with Gasteiger partial charge in [0.2, 0.25) is 11.8 Å². The zero-order valence-corrected chi connectivity index (χ0v) is 20.9. The van der Waals surface area contributed by atoms with Crippen molar-refractivity contribution >= 4 is 11.8 Å². The van der Waals surface area contributed by atoms with Gasteiger partial charge < -0.3 is 19.7 Å². The molecule has 0 aliphatic carbocycles. The minimum atomic E-state index is -0.677. The molecule has 6 heteroatoms. The van der Waals surface area contributed by atoms with Gasteiger partial charge in [0.25, 0.3) is 0 Å². The average molecular weight is 475 g/mol. The fraction of sp³-hybridized carbons (Fsp3) is 0.310. The molecule has 1 atom stereocenters. The second-order valence-corrected chi connectivity index (χ2v) is 8.70. The number of carbonyl (C=O) groups excluding carboxylic acids is 2. The first-order chi connectivity index (χ1) is 16.9. The highest BCUT2D eigenvalue weighted by molar-refractivity contribution is 5.88. The second-order valence-electron chi connectivity index (χ2n) is 8.70. The Morgan fingerprint density at radius 2 is 1.49 bits per heavy atom. The van der Waals surface area contributed by atoms with Crippen LogP contribution in [0.3, 0.4) is 0 Å². The molecule has 6 nitrogen and oxygen atoms in total. The summed E-state index contributed by atoms with van der Waals surface area (Å²) < 4.78 is 10.7. The Morgan fingerprint density at radius 1 is 0.829 bits per heavy atom. The van der Waals surface area contributed by atoms with Crippen LogP contribution in [0.4, 0.5) is 0 Å². The van der Waals surface area contributed by atoms with Crippen LogP contribution in [-0.2, 0) is 29.1 Å². The first-order valence-electron chi connectivity index (χ1n) is 11.8. The van der Waals surface area contributed by atoms with E-state index in [4.69, 9.17) is 9.47 Å². The number of ether oxygens (including phenoxy) is 2. The first kappa shape index (κ1) is 25.8. The first-order valence-corrected chi connectivity index (χ1v) is 11.8. The van der Waals surface area contributed by atoms with Crippen LogP contribution in [0.15, 0.2) is 78.9 Å². The molecule has 0 heterocycles. The summed E-state index contributed by atoms with van der Waals surface area (Å²) in [5.74, 6) is 0.914. The largest absolute Gasteiger partial charge is 0.497 e. The van der Waals surface area contributed by atoms with Gasteiger partial charge in [-0.25, -0.2) is 0 Å². The van der Waals surface area contributed by atoms with Gasteiger partial charge in [-0.1, -0.05) is 74.5 Å². The molecule has 3 aromatic rings. The van der Waals surface area contributed by atoms with Gasteiger partial charge in [-0.05, 0) is 29.3 Å². The van der Waals surface area contributed by atoms with E-state index >= 15 is 0 Å².